The minimum absolute atomic E-state index is 0.0506. The molecule has 5 nitrogen and oxygen atoms in total. The molecular formula is C16H14N2O3. The molecule has 21 heavy (non-hydrogen) atoms. The molecule has 0 spiro atoms. The minimum Gasteiger partial charge on any atom is -0.506 e. The molecule has 0 amide bonds. The zero-order valence-corrected chi connectivity index (χ0v) is 11.4. The molecule has 0 radical (unpaired) electrons. The lowest BCUT2D eigenvalue weighted by Crippen LogP contribution is -1.93. The number of aromatic hydroxyl groups is 2. The molecule has 0 fully saturated rings. The fourth-order valence-electron chi connectivity index (χ4n) is 2.27. The Bertz CT molecular complexity index is 831. The molecule has 1 aromatic heterocycles. The average molecular weight is 282 g/mol. The monoisotopic (exact) mass is 282 g/mol. The number of hydrogen-bond acceptors (Lipinski definition) is 5. The first kappa shape index (κ1) is 13.1. The second-order valence-electron chi connectivity index (χ2n) is 4.63. The molecule has 0 saturated heterocycles. The van der Waals surface area contributed by atoms with Gasteiger partial charge in [-0.1, -0.05) is 18.2 Å². The summed E-state index contributed by atoms with van der Waals surface area (Å²) < 4.78 is 5.01. The fourth-order valence-corrected chi connectivity index (χ4v) is 2.27. The number of para-hydroxylation sites is 1. The van der Waals surface area contributed by atoms with Crippen LogP contribution in [0.5, 0.6) is 17.2 Å². The van der Waals surface area contributed by atoms with Crippen LogP contribution in [0.3, 0.4) is 0 Å². The van der Waals surface area contributed by atoms with Crippen LogP contribution in [0.2, 0.25) is 0 Å². The third-order valence-electron chi connectivity index (χ3n) is 3.35. The second kappa shape index (κ2) is 4.86. The van der Waals surface area contributed by atoms with E-state index in [9.17, 15) is 10.2 Å². The highest BCUT2D eigenvalue weighted by atomic mass is 16.5. The Morgan fingerprint density at radius 1 is 1.10 bits per heavy atom. The molecule has 0 aliphatic rings. The van der Waals surface area contributed by atoms with E-state index < -0.39 is 0 Å². The van der Waals surface area contributed by atoms with Gasteiger partial charge in [-0.05, 0) is 18.2 Å². The van der Waals surface area contributed by atoms with Gasteiger partial charge in [0, 0.05) is 22.7 Å². The topological polar surface area (TPSA) is 88.6 Å². The van der Waals surface area contributed by atoms with E-state index in [1.807, 2.05) is 18.2 Å². The van der Waals surface area contributed by atoms with Gasteiger partial charge in [-0.2, -0.15) is 0 Å². The van der Waals surface area contributed by atoms with Crippen molar-refractivity contribution in [3.05, 3.63) is 42.5 Å². The molecule has 4 N–H and O–H groups in total. The van der Waals surface area contributed by atoms with Gasteiger partial charge in [-0.25, -0.2) is 4.98 Å². The zero-order valence-electron chi connectivity index (χ0n) is 11.4. The largest absolute Gasteiger partial charge is 0.506 e. The Hall–Kier alpha value is -2.95. The third kappa shape index (κ3) is 2.08. The number of nitrogen functional groups attached to an aromatic ring is 1. The second-order valence-corrected chi connectivity index (χ2v) is 4.63. The van der Waals surface area contributed by atoms with Crippen LogP contribution in [0.15, 0.2) is 42.5 Å². The van der Waals surface area contributed by atoms with Crippen molar-refractivity contribution in [3.63, 3.8) is 0 Å². The van der Waals surface area contributed by atoms with Crippen molar-refractivity contribution in [1.82, 2.24) is 4.98 Å². The molecule has 0 unspecified atom stereocenters. The van der Waals surface area contributed by atoms with E-state index in [0.717, 1.165) is 5.56 Å². The number of benzene rings is 2. The van der Waals surface area contributed by atoms with Gasteiger partial charge in [0.05, 0.1) is 12.8 Å². The van der Waals surface area contributed by atoms with Gasteiger partial charge in [-0.3, -0.25) is 0 Å². The van der Waals surface area contributed by atoms with Gasteiger partial charge >= 0.3 is 0 Å². The summed E-state index contributed by atoms with van der Waals surface area (Å²) in [4.78, 5) is 4.40. The van der Waals surface area contributed by atoms with Gasteiger partial charge in [0.2, 0.25) is 0 Å². The molecule has 3 rings (SSSR count). The summed E-state index contributed by atoms with van der Waals surface area (Å²) in [5, 5.41) is 20.6. The minimum atomic E-state index is -0.0593. The van der Waals surface area contributed by atoms with E-state index in [-0.39, 0.29) is 17.2 Å². The number of ether oxygens (including phenoxy) is 1. The van der Waals surface area contributed by atoms with Gasteiger partial charge < -0.3 is 20.7 Å². The summed E-state index contributed by atoms with van der Waals surface area (Å²) in [6, 6.07) is 12.1. The zero-order chi connectivity index (χ0) is 15.0. The number of phenolic OH excluding ortho intramolecular Hbond substituents is 2. The van der Waals surface area contributed by atoms with E-state index in [0.29, 0.717) is 22.3 Å². The van der Waals surface area contributed by atoms with Crippen LogP contribution in [0.1, 0.15) is 0 Å². The third-order valence-corrected chi connectivity index (χ3v) is 3.35. The first-order chi connectivity index (χ1) is 10.1. The Morgan fingerprint density at radius 2 is 1.86 bits per heavy atom. The highest BCUT2D eigenvalue weighted by Crippen LogP contribution is 2.40. The number of nitrogens with two attached hydrogens (primary N) is 1. The fraction of sp³-hybridized carbons (Fsp3) is 0.0625. The number of nitrogens with zero attached hydrogens (tertiary/aromatic N) is 1. The molecule has 0 saturated carbocycles. The number of rotatable bonds is 2. The predicted octanol–water partition coefficient (Wildman–Crippen LogP) is 2.90. The number of pyridine rings is 1. The normalized spacial score (nSPS) is 10.7. The maximum Gasteiger partial charge on any atom is 0.167 e. The standard InChI is InChI=1S/C16H14N2O3/c1-21-14-8-13(19)15-10(16(14)20)6-7-12(18-15)9-4-2-3-5-11(9)17/h2-8,19-20H,17H2,1H3. The molecule has 0 atom stereocenters. The van der Waals surface area contributed by atoms with Crippen LogP contribution in [0, 0.1) is 0 Å². The Kier molecular flexibility index (Phi) is 3.02. The molecule has 0 aliphatic carbocycles. The number of methoxy groups -OCH3 is 1. The van der Waals surface area contributed by atoms with Crippen LogP contribution in [-0.2, 0) is 0 Å². The van der Waals surface area contributed by atoms with Crippen LogP contribution in [0.4, 0.5) is 5.69 Å². The van der Waals surface area contributed by atoms with Crippen molar-refractivity contribution in [2.45, 2.75) is 0 Å². The van der Waals surface area contributed by atoms with Gasteiger partial charge in [0.25, 0.3) is 0 Å². The van der Waals surface area contributed by atoms with Crippen LogP contribution >= 0.6 is 0 Å². The predicted molar refractivity (Wildman–Crippen MR) is 81.5 cm³/mol. The molecular weight excluding hydrogens is 268 g/mol. The SMILES string of the molecule is COc1cc(O)c2nc(-c3ccccc3N)ccc2c1O. The smallest absolute Gasteiger partial charge is 0.167 e. The maximum absolute atomic E-state index is 10.1. The lowest BCUT2D eigenvalue weighted by atomic mass is 10.1. The lowest BCUT2D eigenvalue weighted by molar-refractivity contribution is 0.372. The van der Waals surface area contributed by atoms with Crippen LogP contribution in [-0.4, -0.2) is 22.3 Å². The molecule has 3 aromatic rings. The van der Waals surface area contributed by atoms with E-state index in [4.69, 9.17) is 10.5 Å². The molecule has 106 valence electrons. The van der Waals surface area contributed by atoms with Gasteiger partial charge in [0.1, 0.15) is 11.3 Å². The Labute approximate surface area is 121 Å². The van der Waals surface area contributed by atoms with Crippen molar-refractivity contribution in [2.75, 3.05) is 12.8 Å². The quantitative estimate of drug-likeness (QED) is 0.497. The Balaban J connectivity index is 2.27. The van der Waals surface area contributed by atoms with Gasteiger partial charge in [-0.15, -0.1) is 0 Å². The van der Waals surface area contributed by atoms with Crippen molar-refractivity contribution in [2.24, 2.45) is 0 Å². The Morgan fingerprint density at radius 3 is 2.57 bits per heavy atom. The van der Waals surface area contributed by atoms with E-state index in [2.05, 4.69) is 4.98 Å². The van der Waals surface area contributed by atoms with E-state index >= 15 is 0 Å². The van der Waals surface area contributed by atoms with E-state index in [1.54, 1.807) is 18.2 Å². The van der Waals surface area contributed by atoms with Crippen LogP contribution < -0.4 is 10.5 Å². The number of hydrogen-bond donors (Lipinski definition) is 3. The number of fused-ring (bicyclic) bond motifs is 1. The van der Waals surface area contributed by atoms with Crippen molar-refractivity contribution < 1.29 is 14.9 Å². The highest BCUT2D eigenvalue weighted by molar-refractivity contribution is 5.94. The molecule has 1 heterocycles. The summed E-state index contributed by atoms with van der Waals surface area (Å²) in [5.74, 6) is 0.0927. The maximum atomic E-state index is 10.1. The number of anilines is 1. The number of aromatic nitrogens is 1. The summed E-state index contributed by atoms with van der Waals surface area (Å²) in [6.45, 7) is 0. The summed E-state index contributed by atoms with van der Waals surface area (Å²) in [6.07, 6.45) is 0. The summed E-state index contributed by atoms with van der Waals surface area (Å²) >= 11 is 0. The first-order valence-electron chi connectivity index (χ1n) is 6.36. The highest BCUT2D eigenvalue weighted by Gasteiger charge is 2.14. The van der Waals surface area contributed by atoms with Crippen molar-refractivity contribution in [3.8, 4) is 28.5 Å². The van der Waals surface area contributed by atoms with E-state index in [1.165, 1.54) is 13.2 Å². The first-order valence-corrected chi connectivity index (χ1v) is 6.36. The average Bonchev–Trinajstić information content (AvgIpc) is 2.51. The molecule has 5 heteroatoms. The summed E-state index contributed by atoms with van der Waals surface area (Å²) in [5.41, 5.74) is 8.23. The molecule has 2 aromatic carbocycles. The lowest BCUT2D eigenvalue weighted by Gasteiger charge is -2.10. The van der Waals surface area contributed by atoms with Crippen LogP contribution in [0.25, 0.3) is 22.2 Å². The molecule has 0 aliphatic heterocycles. The van der Waals surface area contributed by atoms with Crippen molar-refractivity contribution in [1.29, 1.82) is 0 Å². The summed E-state index contributed by atoms with van der Waals surface area (Å²) in [7, 11) is 1.42. The molecule has 0 bridgehead atoms. The van der Waals surface area contributed by atoms with Crippen molar-refractivity contribution >= 4 is 16.6 Å². The van der Waals surface area contributed by atoms with Gasteiger partial charge in [0.15, 0.2) is 11.5 Å². The number of phenols is 2.